The van der Waals surface area contributed by atoms with Crippen molar-refractivity contribution < 1.29 is 23.8 Å². The molecule has 0 unspecified atom stereocenters. The number of ketones is 1. The zero-order chi connectivity index (χ0) is 18.1. The van der Waals surface area contributed by atoms with Crippen molar-refractivity contribution in [3.05, 3.63) is 54.1 Å². The number of carbonyl (C=O) groups excluding carboxylic acids is 2. The van der Waals surface area contributed by atoms with Gasteiger partial charge in [-0.15, -0.1) is 0 Å². The van der Waals surface area contributed by atoms with Crippen LogP contribution in [0.5, 0.6) is 17.2 Å². The molecule has 6 nitrogen and oxygen atoms in total. The van der Waals surface area contributed by atoms with Gasteiger partial charge in [0.25, 0.3) is 5.91 Å². The van der Waals surface area contributed by atoms with Crippen LogP contribution in [0.15, 0.2) is 48.5 Å². The Morgan fingerprint density at radius 2 is 1.76 bits per heavy atom. The van der Waals surface area contributed by atoms with E-state index in [-0.39, 0.29) is 18.3 Å². The highest BCUT2D eigenvalue weighted by atomic mass is 16.5. The lowest BCUT2D eigenvalue weighted by atomic mass is 10.1. The lowest BCUT2D eigenvalue weighted by molar-refractivity contribution is -0.123. The topological polar surface area (TPSA) is 73.9 Å². The molecule has 2 rings (SSSR count). The van der Waals surface area contributed by atoms with Gasteiger partial charge in [0, 0.05) is 5.56 Å². The van der Waals surface area contributed by atoms with Crippen molar-refractivity contribution in [1.29, 1.82) is 0 Å². The van der Waals surface area contributed by atoms with Gasteiger partial charge in [-0.1, -0.05) is 24.3 Å². The number of para-hydroxylation sites is 2. The Hall–Kier alpha value is -3.02. The molecule has 2 aromatic rings. The van der Waals surface area contributed by atoms with Gasteiger partial charge in [0.1, 0.15) is 12.4 Å². The fourth-order valence-electron chi connectivity index (χ4n) is 2.09. The summed E-state index contributed by atoms with van der Waals surface area (Å²) in [6.07, 6.45) is 0. The van der Waals surface area contributed by atoms with Crippen LogP contribution in [0, 0.1) is 0 Å². The van der Waals surface area contributed by atoms with Gasteiger partial charge in [0.05, 0.1) is 13.7 Å². The fraction of sp³-hybridized carbons (Fsp3) is 0.263. The van der Waals surface area contributed by atoms with Crippen LogP contribution in [-0.2, 0) is 4.79 Å². The second kappa shape index (κ2) is 9.32. The lowest BCUT2D eigenvalue weighted by Crippen LogP contribution is -2.32. The molecule has 6 heteroatoms. The van der Waals surface area contributed by atoms with Gasteiger partial charge in [-0.3, -0.25) is 9.59 Å². The molecule has 25 heavy (non-hydrogen) atoms. The molecule has 2 aromatic carbocycles. The van der Waals surface area contributed by atoms with Gasteiger partial charge in [-0.2, -0.15) is 0 Å². The second-order valence-electron chi connectivity index (χ2n) is 5.22. The highest BCUT2D eigenvalue weighted by Crippen LogP contribution is 2.25. The summed E-state index contributed by atoms with van der Waals surface area (Å²) in [6.45, 7) is 2.00. The maximum absolute atomic E-state index is 11.8. The number of methoxy groups -OCH3 is 1. The van der Waals surface area contributed by atoms with E-state index in [1.54, 1.807) is 43.5 Å². The Balaban J connectivity index is 1.70. The van der Waals surface area contributed by atoms with Crippen LogP contribution >= 0.6 is 0 Å². The predicted molar refractivity (Wildman–Crippen MR) is 93.4 cm³/mol. The summed E-state index contributed by atoms with van der Waals surface area (Å²) in [7, 11) is 1.57. The summed E-state index contributed by atoms with van der Waals surface area (Å²) >= 11 is 0. The molecule has 0 atom stereocenters. The monoisotopic (exact) mass is 343 g/mol. The van der Waals surface area contributed by atoms with Gasteiger partial charge < -0.3 is 19.5 Å². The van der Waals surface area contributed by atoms with Crippen LogP contribution in [0.25, 0.3) is 0 Å². The summed E-state index contributed by atoms with van der Waals surface area (Å²) < 4.78 is 16.1. The summed E-state index contributed by atoms with van der Waals surface area (Å²) in [5, 5.41) is 2.70. The maximum atomic E-state index is 11.8. The SMILES string of the molecule is COc1ccccc1OCCNC(=O)COc1cccc(C(C)=O)c1. The zero-order valence-corrected chi connectivity index (χ0v) is 14.3. The Kier molecular flexibility index (Phi) is 6.83. The number of hydrogen-bond acceptors (Lipinski definition) is 5. The Morgan fingerprint density at radius 1 is 1.00 bits per heavy atom. The van der Waals surface area contributed by atoms with Crippen LogP contribution in [-0.4, -0.2) is 38.6 Å². The molecule has 132 valence electrons. The van der Waals surface area contributed by atoms with E-state index in [1.807, 2.05) is 12.1 Å². The third kappa shape index (κ3) is 5.84. The summed E-state index contributed by atoms with van der Waals surface area (Å²) in [6, 6.07) is 14.0. The molecule has 1 amide bonds. The first-order valence-corrected chi connectivity index (χ1v) is 7.86. The smallest absolute Gasteiger partial charge is 0.258 e. The van der Waals surface area contributed by atoms with E-state index < -0.39 is 0 Å². The number of hydrogen-bond donors (Lipinski definition) is 1. The summed E-state index contributed by atoms with van der Waals surface area (Å²) in [5.41, 5.74) is 0.545. The van der Waals surface area contributed by atoms with Crippen molar-refractivity contribution in [2.75, 3.05) is 26.9 Å². The van der Waals surface area contributed by atoms with Crippen LogP contribution in [0.3, 0.4) is 0 Å². The quantitative estimate of drug-likeness (QED) is 0.559. The average Bonchev–Trinajstić information content (AvgIpc) is 2.64. The number of ether oxygens (including phenoxy) is 3. The molecule has 0 bridgehead atoms. The number of Topliss-reactive ketones (excluding diaryl/α,β-unsaturated/α-hetero) is 1. The number of benzene rings is 2. The molecular formula is C19H21NO5. The average molecular weight is 343 g/mol. The Labute approximate surface area is 146 Å². The first-order chi connectivity index (χ1) is 12.1. The highest BCUT2D eigenvalue weighted by Gasteiger charge is 2.06. The van der Waals surface area contributed by atoms with Crippen molar-refractivity contribution >= 4 is 11.7 Å². The van der Waals surface area contributed by atoms with Gasteiger partial charge in [0.15, 0.2) is 23.9 Å². The van der Waals surface area contributed by atoms with Crippen LogP contribution in [0.2, 0.25) is 0 Å². The first kappa shape index (κ1) is 18.3. The molecular weight excluding hydrogens is 322 g/mol. The lowest BCUT2D eigenvalue weighted by Gasteiger charge is -2.11. The van der Waals surface area contributed by atoms with Gasteiger partial charge in [-0.05, 0) is 31.2 Å². The van der Waals surface area contributed by atoms with Crippen molar-refractivity contribution in [1.82, 2.24) is 5.32 Å². The van der Waals surface area contributed by atoms with Crippen LogP contribution in [0.1, 0.15) is 17.3 Å². The fourth-order valence-corrected chi connectivity index (χ4v) is 2.09. The molecule has 0 radical (unpaired) electrons. The molecule has 0 aliphatic rings. The van der Waals surface area contributed by atoms with E-state index in [1.165, 1.54) is 6.92 Å². The van der Waals surface area contributed by atoms with E-state index in [4.69, 9.17) is 14.2 Å². The van der Waals surface area contributed by atoms with Crippen LogP contribution in [0.4, 0.5) is 0 Å². The Bertz CT molecular complexity index is 729. The number of rotatable bonds is 9. The highest BCUT2D eigenvalue weighted by molar-refractivity contribution is 5.94. The van der Waals surface area contributed by atoms with Gasteiger partial charge >= 0.3 is 0 Å². The van der Waals surface area contributed by atoms with Gasteiger partial charge in [-0.25, -0.2) is 0 Å². The summed E-state index contributed by atoms with van der Waals surface area (Å²) in [4.78, 5) is 23.1. The van der Waals surface area contributed by atoms with E-state index >= 15 is 0 Å². The molecule has 0 fully saturated rings. The van der Waals surface area contributed by atoms with Crippen molar-refractivity contribution in [3.8, 4) is 17.2 Å². The first-order valence-electron chi connectivity index (χ1n) is 7.86. The minimum Gasteiger partial charge on any atom is -0.493 e. The molecule has 0 spiro atoms. The number of carbonyl (C=O) groups is 2. The van der Waals surface area contributed by atoms with E-state index in [9.17, 15) is 9.59 Å². The minimum absolute atomic E-state index is 0.0524. The van der Waals surface area contributed by atoms with Crippen molar-refractivity contribution in [2.45, 2.75) is 6.92 Å². The van der Waals surface area contributed by atoms with Crippen molar-refractivity contribution in [2.24, 2.45) is 0 Å². The third-order valence-electron chi connectivity index (χ3n) is 3.36. The second-order valence-corrected chi connectivity index (χ2v) is 5.22. The summed E-state index contributed by atoms with van der Waals surface area (Å²) in [5.74, 6) is 1.42. The van der Waals surface area contributed by atoms with Crippen LogP contribution < -0.4 is 19.5 Å². The molecule has 0 heterocycles. The molecule has 0 saturated heterocycles. The molecule has 1 N–H and O–H groups in total. The van der Waals surface area contributed by atoms with E-state index in [0.717, 1.165) is 0 Å². The number of amides is 1. The normalized spacial score (nSPS) is 10.0. The number of nitrogens with one attached hydrogen (secondary N) is 1. The molecule has 0 aliphatic heterocycles. The molecule has 0 aliphatic carbocycles. The van der Waals surface area contributed by atoms with Gasteiger partial charge in [0.2, 0.25) is 0 Å². The molecule has 0 saturated carbocycles. The standard InChI is InChI=1S/C19H21NO5/c1-14(21)15-6-5-7-16(12-15)25-13-19(22)20-10-11-24-18-9-4-3-8-17(18)23-2/h3-9,12H,10-11,13H2,1-2H3,(H,20,22). The minimum atomic E-state index is -0.267. The van der Waals surface area contributed by atoms with E-state index in [2.05, 4.69) is 5.32 Å². The third-order valence-corrected chi connectivity index (χ3v) is 3.36. The van der Waals surface area contributed by atoms with Crippen molar-refractivity contribution in [3.63, 3.8) is 0 Å². The predicted octanol–water partition coefficient (Wildman–Crippen LogP) is 2.47. The maximum Gasteiger partial charge on any atom is 0.258 e. The zero-order valence-electron chi connectivity index (χ0n) is 14.3. The van der Waals surface area contributed by atoms with E-state index in [0.29, 0.717) is 36.0 Å². The largest absolute Gasteiger partial charge is 0.493 e. The Morgan fingerprint density at radius 3 is 2.48 bits per heavy atom. The molecule has 0 aromatic heterocycles.